The minimum Gasteiger partial charge on any atom is -0.345 e. The molecule has 0 radical (unpaired) electrons. The van der Waals surface area contributed by atoms with Crippen molar-refractivity contribution in [1.82, 2.24) is 20.5 Å². The van der Waals surface area contributed by atoms with Gasteiger partial charge < -0.3 is 5.32 Å². The summed E-state index contributed by atoms with van der Waals surface area (Å²) in [5.41, 5.74) is -0.252. The van der Waals surface area contributed by atoms with E-state index in [-0.39, 0.29) is 12.1 Å². The largest absolute Gasteiger partial charge is 0.345 e. The first-order valence-electron chi connectivity index (χ1n) is 5.41. The van der Waals surface area contributed by atoms with Gasteiger partial charge in [-0.2, -0.15) is 5.10 Å². The van der Waals surface area contributed by atoms with Crippen LogP contribution in [0.1, 0.15) is 11.4 Å². The fourth-order valence-electron chi connectivity index (χ4n) is 1.37. The number of nitrogens with zero attached hydrogens (tertiary/aromatic N) is 2. The van der Waals surface area contributed by atoms with Gasteiger partial charge in [0.15, 0.2) is 0 Å². The van der Waals surface area contributed by atoms with Crippen LogP contribution in [0.25, 0.3) is 6.08 Å². The van der Waals surface area contributed by atoms with E-state index in [1.807, 2.05) is 0 Å². The lowest BCUT2D eigenvalue weighted by atomic mass is 10.2. The Bertz CT molecular complexity index is 576. The lowest BCUT2D eigenvalue weighted by Gasteiger charge is -2.00. The number of amides is 1. The third-order valence-corrected chi connectivity index (χ3v) is 2.30. The van der Waals surface area contributed by atoms with Gasteiger partial charge in [0.05, 0.1) is 6.54 Å². The molecule has 0 spiro atoms. The number of carbonyl (C=O) groups is 1. The van der Waals surface area contributed by atoms with Gasteiger partial charge in [0.2, 0.25) is 5.91 Å². The van der Waals surface area contributed by atoms with Crippen molar-refractivity contribution in [2.45, 2.75) is 6.54 Å². The van der Waals surface area contributed by atoms with Crippen LogP contribution in [0.2, 0.25) is 0 Å². The number of rotatable bonds is 4. The lowest BCUT2D eigenvalue weighted by molar-refractivity contribution is -0.116. The summed E-state index contributed by atoms with van der Waals surface area (Å²) in [6.45, 7) is 0.156. The Kier molecular flexibility index (Phi) is 3.97. The van der Waals surface area contributed by atoms with Crippen LogP contribution in [0.4, 0.5) is 8.78 Å². The summed E-state index contributed by atoms with van der Waals surface area (Å²) >= 11 is 0. The minimum absolute atomic E-state index is 0.156. The highest BCUT2D eigenvalue weighted by Gasteiger charge is 2.05. The van der Waals surface area contributed by atoms with Crippen LogP contribution in [0.3, 0.4) is 0 Å². The molecular formula is C12H10F2N4O. The van der Waals surface area contributed by atoms with Crippen LogP contribution in [-0.4, -0.2) is 21.1 Å². The monoisotopic (exact) mass is 264 g/mol. The molecule has 7 heteroatoms. The molecule has 1 heterocycles. The molecule has 5 nitrogen and oxygen atoms in total. The average Bonchev–Trinajstić information content (AvgIpc) is 2.89. The van der Waals surface area contributed by atoms with Gasteiger partial charge in [-0.15, -0.1) is 0 Å². The van der Waals surface area contributed by atoms with Gasteiger partial charge in [-0.1, -0.05) is 6.07 Å². The molecule has 98 valence electrons. The first-order chi connectivity index (χ1) is 9.16. The molecule has 1 aromatic heterocycles. The standard InChI is InChI=1S/C12H10F2N4O/c13-9-2-1-3-10(14)8(9)4-5-12(19)15-6-11-16-7-17-18-11/h1-5,7H,6H2,(H,15,19)(H,16,17,18). The van der Waals surface area contributed by atoms with Gasteiger partial charge >= 0.3 is 0 Å². The van der Waals surface area contributed by atoms with Crippen LogP contribution in [0, 0.1) is 11.6 Å². The number of halogens is 2. The quantitative estimate of drug-likeness (QED) is 0.820. The van der Waals surface area contributed by atoms with Gasteiger partial charge in [-0.05, 0) is 18.2 Å². The maximum Gasteiger partial charge on any atom is 0.244 e. The summed E-state index contributed by atoms with van der Waals surface area (Å²) in [4.78, 5) is 15.2. The van der Waals surface area contributed by atoms with Crippen molar-refractivity contribution >= 4 is 12.0 Å². The molecule has 0 aliphatic carbocycles. The second-order valence-electron chi connectivity index (χ2n) is 3.62. The van der Waals surface area contributed by atoms with Crippen LogP contribution in [-0.2, 0) is 11.3 Å². The maximum atomic E-state index is 13.3. The third kappa shape index (κ3) is 3.44. The third-order valence-electron chi connectivity index (χ3n) is 2.30. The van der Waals surface area contributed by atoms with E-state index in [2.05, 4.69) is 20.5 Å². The summed E-state index contributed by atoms with van der Waals surface area (Å²) < 4.78 is 26.5. The molecule has 2 aromatic rings. The number of nitrogens with one attached hydrogen (secondary N) is 2. The minimum atomic E-state index is -0.723. The fraction of sp³-hybridized carbons (Fsp3) is 0.0833. The SMILES string of the molecule is O=C(C=Cc1c(F)cccc1F)NCc1ncn[nH]1. The van der Waals surface area contributed by atoms with Crippen LogP contribution in [0.15, 0.2) is 30.6 Å². The summed E-state index contributed by atoms with van der Waals surface area (Å²) in [6.07, 6.45) is 3.45. The van der Waals surface area contributed by atoms with E-state index in [0.29, 0.717) is 5.82 Å². The highest BCUT2D eigenvalue weighted by Crippen LogP contribution is 2.13. The van der Waals surface area contributed by atoms with Gasteiger partial charge in [0.25, 0.3) is 0 Å². The Morgan fingerprint density at radius 1 is 1.37 bits per heavy atom. The molecule has 0 bridgehead atoms. The van der Waals surface area contributed by atoms with E-state index in [1.165, 1.54) is 12.4 Å². The first-order valence-corrected chi connectivity index (χ1v) is 5.41. The molecule has 0 unspecified atom stereocenters. The van der Waals surface area contributed by atoms with Gasteiger partial charge in [-0.25, -0.2) is 13.8 Å². The second-order valence-corrected chi connectivity index (χ2v) is 3.62. The van der Waals surface area contributed by atoms with E-state index < -0.39 is 17.5 Å². The van der Waals surface area contributed by atoms with E-state index >= 15 is 0 Å². The van der Waals surface area contributed by atoms with Crippen LogP contribution < -0.4 is 5.32 Å². The molecule has 0 saturated carbocycles. The van der Waals surface area contributed by atoms with Crippen molar-refractivity contribution in [1.29, 1.82) is 0 Å². The highest BCUT2D eigenvalue weighted by atomic mass is 19.1. The number of aromatic nitrogens is 3. The number of hydrogen-bond acceptors (Lipinski definition) is 3. The zero-order valence-corrected chi connectivity index (χ0v) is 9.73. The Balaban J connectivity index is 1.96. The number of benzene rings is 1. The molecule has 1 aromatic carbocycles. The molecule has 1 amide bonds. The second kappa shape index (κ2) is 5.85. The van der Waals surface area contributed by atoms with Crippen molar-refractivity contribution < 1.29 is 13.6 Å². The lowest BCUT2D eigenvalue weighted by Crippen LogP contribution is -2.21. The van der Waals surface area contributed by atoms with E-state index in [0.717, 1.165) is 24.3 Å². The zero-order chi connectivity index (χ0) is 13.7. The molecule has 0 saturated heterocycles. The normalized spacial score (nSPS) is 10.8. The molecule has 0 atom stereocenters. The van der Waals surface area contributed by atoms with Crippen molar-refractivity contribution in [3.8, 4) is 0 Å². The summed E-state index contributed by atoms with van der Waals surface area (Å²) in [7, 11) is 0. The van der Waals surface area contributed by atoms with Crippen molar-refractivity contribution in [2.24, 2.45) is 0 Å². The van der Waals surface area contributed by atoms with E-state index in [1.54, 1.807) is 0 Å². The molecule has 0 fully saturated rings. The fourth-order valence-corrected chi connectivity index (χ4v) is 1.37. The number of H-pyrrole nitrogens is 1. The van der Waals surface area contributed by atoms with Crippen molar-refractivity contribution in [3.63, 3.8) is 0 Å². The van der Waals surface area contributed by atoms with Crippen LogP contribution in [0.5, 0.6) is 0 Å². The van der Waals surface area contributed by atoms with Gasteiger partial charge in [-0.3, -0.25) is 9.89 Å². The highest BCUT2D eigenvalue weighted by molar-refractivity contribution is 5.91. The van der Waals surface area contributed by atoms with Gasteiger partial charge in [0, 0.05) is 11.6 Å². The maximum absolute atomic E-state index is 13.3. The number of aromatic amines is 1. The average molecular weight is 264 g/mol. The molecular weight excluding hydrogens is 254 g/mol. The predicted octanol–water partition coefficient (Wildman–Crippen LogP) is 1.41. The zero-order valence-electron chi connectivity index (χ0n) is 9.73. The molecule has 0 aliphatic heterocycles. The Labute approximate surface area is 107 Å². The Morgan fingerprint density at radius 2 is 2.11 bits per heavy atom. The Morgan fingerprint density at radius 3 is 2.74 bits per heavy atom. The van der Waals surface area contributed by atoms with Crippen LogP contribution >= 0.6 is 0 Å². The van der Waals surface area contributed by atoms with Crippen molar-refractivity contribution in [2.75, 3.05) is 0 Å². The first kappa shape index (κ1) is 12.9. The molecule has 0 aliphatic rings. The topological polar surface area (TPSA) is 70.7 Å². The van der Waals surface area contributed by atoms with E-state index in [9.17, 15) is 13.6 Å². The summed E-state index contributed by atoms with van der Waals surface area (Å²) in [5, 5.41) is 8.67. The smallest absolute Gasteiger partial charge is 0.244 e. The molecule has 2 N–H and O–H groups in total. The Hall–Kier alpha value is -2.57. The molecule has 2 rings (SSSR count). The summed E-state index contributed by atoms with van der Waals surface area (Å²) in [6, 6.07) is 3.50. The van der Waals surface area contributed by atoms with Crippen molar-refractivity contribution in [3.05, 3.63) is 53.6 Å². The molecule has 19 heavy (non-hydrogen) atoms. The number of carbonyl (C=O) groups excluding carboxylic acids is 1. The number of hydrogen-bond donors (Lipinski definition) is 2. The van der Waals surface area contributed by atoms with Gasteiger partial charge in [0.1, 0.15) is 23.8 Å². The predicted molar refractivity (Wildman–Crippen MR) is 63.6 cm³/mol. The summed E-state index contributed by atoms with van der Waals surface area (Å²) in [5.74, 6) is -1.45. The van der Waals surface area contributed by atoms with E-state index in [4.69, 9.17) is 0 Å².